The van der Waals surface area contributed by atoms with Gasteiger partial charge in [0, 0.05) is 11.1 Å². The molecule has 0 saturated carbocycles. The van der Waals surface area contributed by atoms with Crippen LogP contribution in [0.3, 0.4) is 0 Å². The van der Waals surface area contributed by atoms with E-state index in [1.54, 1.807) is 0 Å². The lowest BCUT2D eigenvalue weighted by Crippen LogP contribution is -3.00. The van der Waals surface area contributed by atoms with Gasteiger partial charge >= 0.3 is 0 Å². The van der Waals surface area contributed by atoms with E-state index in [9.17, 15) is 0 Å². The molecule has 0 amide bonds. The van der Waals surface area contributed by atoms with Crippen molar-refractivity contribution in [1.29, 1.82) is 0 Å². The molecule has 92 valence electrons. The van der Waals surface area contributed by atoms with Crippen molar-refractivity contribution in [2.75, 3.05) is 0 Å². The Morgan fingerprint density at radius 2 is 1.94 bits per heavy atom. The zero-order valence-corrected chi connectivity index (χ0v) is 12.0. The molecule has 1 aromatic carbocycles. The highest BCUT2D eigenvalue weighted by atomic mass is 79.9. The summed E-state index contributed by atoms with van der Waals surface area (Å²) < 4.78 is 4.30. The van der Waals surface area contributed by atoms with Crippen LogP contribution in [0.15, 0.2) is 61.1 Å². The van der Waals surface area contributed by atoms with Crippen LogP contribution in [0.4, 0.5) is 0 Å². The lowest BCUT2D eigenvalue weighted by atomic mass is 10.2. The molecule has 0 radical (unpaired) electrons. The Kier molecular flexibility index (Phi) is 4.04. The third-order valence-electron chi connectivity index (χ3n) is 2.81. The van der Waals surface area contributed by atoms with E-state index in [2.05, 4.69) is 33.5 Å². The first kappa shape index (κ1) is 13.1. The molecule has 0 atom stereocenters. The summed E-state index contributed by atoms with van der Waals surface area (Å²) in [6.07, 6.45) is 6.18. The summed E-state index contributed by atoms with van der Waals surface area (Å²) >= 11 is 5.99. The Morgan fingerprint density at radius 1 is 1.06 bits per heavy atom. The minimum absolute atomic E-state index is 0. The van der Waals surface area contributed by atoms with Crippen molar-refractivity contribution in [2.24, 2.45) is 0 Å². The summed E-state index contributed by atoms with van der Waals surface area (Å²) in [7, 11) is 0. The number of pyridine rings is 1. The van der Waals surface area contributed by atoms with E-state index in [1.807, 2.05) is 36.5 Å². The number of aromatic nitrogens is 2. The first-order chi connectivity index (χ1) is 8.33. The van der Waals surface area contributed by atoms with Gasteiger partial charge in [0.1, 0.15) is 18.9 Å². The summed E-state index contributed by atoms with van der Waals surface area (Å²) in [5.41, 5.74) is 2.38. The van der Waals surface area contributed by atoms with E-state index in [-0.39, 0.29) is 17.0 Å². The van der Waals surface area contributed by atoms with Crippen molar-refractivity contribution in [3.63, 3.8) is 0 Å². The minimum Gasteiger partial charge on any atom is -1.00 e. The van der Waals surface area contributed by atoms with E-state index >= 15 is 0 Å². The predicted molar refractivity (Wildman–Crippen MR) is 68.1 cm³/mol. The quantitative estimate of drug-likeness (QED) is 0.584. The van der Waals surface area contributed by atoms with Gasteiger partial charge in [0.15, 0.2) is 0 Å². The fourth-order valence-electron chi connectivity index (χ4n) is 2.01. The second-order valence-electron chi connectivity index (χ2n) is 4.02. The van der Waals surface area contributed by atoms with Crippen LogP contribution in [0.25, 0.3) is 5.65 Å². The van der Waals surface area contributed by atoms with Gasteiger partial charge in [-0.2, -0.15) is 0 Å². The smallest absolute Gasteiger partial charge is 0.286 e. The van der Waals surface area contributed by atoms with Gasteiger partial charge in [0.05, 0.1) is 6.20 Å². The maximum Gasteiger partial charge on any atom is 0.286 e. The molecule has 0 aliphatic heterocycles. The molecule has 0 N–H and O–H groups in total. The van der Waals surface area contributed by atoms with Crippen LogP contribution in [0.5, 0.6) is 0 Å². The summed E-state index contributed by atoms with van der Waals surface area (Å²) in [5.74, 6) is 0. The average Bonchev–Trinajstić information content (AvgIpc) is 2.73. The lowest BCUT2D eigenvalue weighted by Gasteiger charge is -1.99. The van der Waals surface area contributed by atoms with Crippen molar-refractivity contribution in [3.05, 3.63) is 71.6 Å². The number of imidazole rings is 1. The van der Waals surface area contributed by atoms with Crippen LogP contribution in [-0.2, 0) is 6.54 Å². The molecular formula is C14H12BrClN2. The van der Waals surface area contributed by atoms with E-state index in [0.717, 1.165) is 11.6 Å². The Labute approximate surface area is 121 Å². The van der Waals surface area contributed by atoms with Gasteiger partial charge in [-0.3, -0.25) is 0 Å². The molecule has 0 spiro atoms. The van der Waals surface area contributed by atoms with Gasteiger partial charge in [-0.1, -0.05) is 29.8 Å². The molecule has 4 heteroatoms. The number of halogens is 2. The third-order valence-corrected chi connectivity index (χ3v) is 3.05. The molecule has 0 unspecified atom stereocenters. The molecule has 2 nitrogen and oxygen atoms in total. The zero-order chi connectivity index (χ0) is 11.7. The van der Waals surface area contributed by atoms with Crippen LogP contribution in [0.1, 0.15) is 5.56 Å². The summed E-state index contributed by atoms with van der Waals surface area (Å²) in [4.78, 5) is 0. The molecule has 0 fully saturated rings. The highest BCUT2D eigenvalue weighted by Gasteiger charge is 2.08. The second-order valence-corrected chi connectivity index (χ2v) is 4.46. The molecule has 0 aliphatic rings. The van der Waals surface area contributed by atoms with E-state index in [0.29, 0.717) is 0 Å². The SMILES string of the molecule is Clc1cccc(C[n+]2ccn3ccccc32)c1.[Br-]. The summed E-state index contributed by atoms with van der Waals surface area (Å²) in [5, 5.41) is 0.784. The molecule has 2 aromatic heterocycles. The highest BCUT2D eigenvalue weighted by Crippen LogP contribution is 2.10. The van der Waals surface area contributed by atoms with Crippen LogP contribution in [-0.4, -0.2) is 4.40 Å². The van der Waals surface area contributed by atoms with E-state index in [4.69, 9.17) is 11.6 Å². The maximum absolute atomic E-state index is 5.99. The minimum atomic E-state index is 0. The molecule has 0 aliphatic carbocycles. The number of hydrogen-bond acceptors (Lipinski definition) is 0. The average molecular weight is 324 g/mol. The van der Waals surface area contributed by atoms with Crippen molar-refractivity contribution in [3.8, 4) is 0 Å². The standard InChI is InChI=1S/C14H12ClN2.BrH/c15-13-5-3-4-12(10-13)11-17-9-8-16-7-2-1-6-14(16)17;/h1-10H,11H2;1H/q+1;/p-1. The first-order valence-corrected chi connectivity index (χ1v) is 5.90. The first-order valence-electron chi connectivity index (χ1n) is 5.52. The zero-order valence-electron chi connectivity index (χ0n) is 9.63. The Morgan fingerprint density at radius 3 is 2.78 bits per heavy atom. The lowest BCUT2D eigenvalue weighted by molar-refractivity contribution is -0.661. The Balaban J connectivity index is 0.00000120. The Bertz CT molecular complexity index is 663. The van der Waals surface area contributed by atoms with Gasteiger partial charge in [-0.15, -0.1) is 0 Å². The second kappa shape index (κ2) is 5.55. The van der Waals surface area contributed by atoms with Gasteiger partial charge in [-0.25, -0.2) is 8.97 Å². The van der Waals surface area contributed by atoms with Crippen molar-refractivity contribution >= 4 is 17.2 Å². The monoisotopic (exact) mass is 322 g/mol. The largest absolute Gasteiger partial charge is 1.00 e. The molecule has 3 rings (SSSR count). The molecular weight excluding hydrogens is 312 g/mol. The van der Waals surface area contributed by atoms with E-state index in [1.165, 1.54) is 11.2 Å². The van der Waals surface area contributed by atoms with Gasteiger partial charge < -0.3 is 17.0 Å². The topological polar surface area (TPSA) is 8.29 Å². The van der Waals surface area contributed by atoms with Gasteiger partial charge in [-0.05, 0) is 23.8 Å². The van der Waals surface area contributed by atoms with Crippen molar-refractivity contribution in [1.82, 2.24) is 4.40 Å². The van der Waals surface area contributed by atoms with E-state index < -0.39 is 0 Å². The van der Waals surface area contributed by atoms with Gasteiger partial charge in [0.2, 0.25) is 0 Å². The number of hydrogen-bond donors (Lipinski definition) is 0. The van der Waals surface area contributed by atoms with Crippen molar-refractivity contribution in [2.45, 2.75) is 6.54 Å². The van der Waals surface area contributed by atoms with Crippen LogP contribution in [0.2, 0.25) is 5.02 Å². The highest BCUT2D eigenvalue weighted by molar-refractivity contribution is 6.30. The molecule has 3 aromatic rings. The third kappa shape index (κ3) is 2.57. The molecule has 0 bridgehead atoms. The molecule has 18 heavy (non-hydrogen) atoms. The predicted octanol–water partition coefficient (Wildman–Crippen LogP) is -0.0675. The summed E-state index contributed by atoms with van der Waals surface area (Å²) in [6.45, 7) is 0.834. The fourth-order valence-corrected chi connectivity index (χ4v) is 2.22. The maximum atomic E-state index is 5.99. The van der Waals surface area contributed by atoms with Crippen LogP contribution in [0, 0.1) is 0 Å². The van der Waals surface area contributed by atoms with Crippen LogP contribution >= 0.6 is 11.6 Å². The molecule has 2 heterocycles. The van der Waals surface area contributed by atoms with Crippen molar-refractivity contribution < 1.29 is 21.5 Å². The molecule has 0 saturated heterocycles. The number of fused-ring (bicyclic) bond motifs is 1. The summed E-state index contributed by atoms with van der Waals surface area (Å²) in [6, 6.07) is 14.1. The van der Waals surface area contributed by atoms with Crippen LogP contribution < -0.4 is 21.5 Å². The normalized spacial score (nSPS) is 10.3. The fraction of sp³-hybridized carbons (Fsp3) is 0.0714. The van der Waals surface area contributed by atoms with Gasteiger partial charge in [0.25, 0.3) is 5.65 Å². The number of benzene rings is 1. The number of rotatable bonds is 2. The number of nitrogens with zero attached hydrogens (tertiary/aromatic N) is 2. The Hall–Kier alpha value is -1.32.